The fraction of sp³-hybridized carbons (Fsp3) is 0.300. The monoisotopic (exact) mass is 353 g/mol. The Hall–Kier alpha value is -3.02. The summed E-state index contributed by atoms with van der Waals surface area (Å²) in [4.78, 5) is 26.3. The van der Waals surface area contributed by atoms with Crippen LogP contribution in [0.3, 0.4) is 0 Å². The second-order valence-electron chi connectivity index (χ2n) is 6.36. The van der Waals surface area contributed by atoms with E-state index >= 15 is 0 Å². The summed E-state index contributed by atoms with van der Waals surface area (Å²) < 4.78 is 5.21. The minimum atomic E-state index is -0.272. The summed E-state index contributed by atoms with van der Waals surface area (Å²) in [5.74, 6) is 0.681. The van der Waals surface area contributed by atoms with Gasteiger partial charge in [-0.2, -0.15) is 0 Å². The number of hydrogen-bond acceptors (Lipinski definition) is 3. The molecule has 26 heavy (non-hydrogen) atoms. The third kappa shape index (κ3) is 4.14. The number of benzene rings is 2. The van der Waals surface area contributed by atoms with E-state index in [2.05, 4.69) is 10.6 Å². The first-order chi connectivity index (χ1) is 12.6. The molecular formula is C20H23N3O3. The minimum Gasteiger partial charge on any atom is -0.497 e. The maximum atomic E-state index is 12.3. The molecule has 6 heteroatoms. The second kappa shape index (κ2) is 7.91. The average Bonchev–Trinajstić information content (AvgIpc) is 3.02. The Bertz CT molecular complexity index is 779. The Kier molecular flexibility index (Phi) is 5.41. The van der Waals surface area contributed by atoms with Crippen molar-refractivity contribution >= 4 is 17.6 Å². The van der Waals surface area contributed by atoms with Gasteiger partial charge in [-0.05, 0) is 24.6 Å². The van der Waals surface area contributed by atoms with Crippen LogP contribution in [-0.2, 0) is 4.79 Å². The zero-order valence-electron chi connectivity index (χ0n) is 14.9. The minimum absolute atomic E-state index is 0.0142. The highest BCUT2D eigenvalue weighted by molar-refractivity contribution is 5.97. The van der Waals surface area contributed by atoms with Crippen LogP contribution in [-0.4, -0.2) is 31.6 Å². The van der Waals surface area contributed by atoms with Gasteiger partial charge >= 0.3 is 6.03 Å². The van der Waals surface area contributed by atoms with E-state index in [0.717, 1.165) is 11.3 Å². The Balaban J connectivity index is 1.57. The smallest absolute Gasteiger partial charge is 0.315 e. The standard InChI is InChI=1S/C20H23N3O3/c1-14(15-7-4-3-5-8-15)21-20(25)22-16-11-19(24)23(13-16)17-9-6-10-18(12-17)26-2/h3-10,12,14,16H,11,13H2,1-2H3,(H2,21,22,25)/t14-,16+/m0/s1. The Morgan fingerprint density at radius 3 is 2.69 bits per heavy atom. The molecule has 3 amide bonds. The molecule has 1 fully saturated rings. The van der Waals surface area contributed by atoms with E-state index in [9.17, 15) is 9.59 Å². The summed E-state index contributed by atoms with van der Waals surface area (Å²) in [7, 11) is 1.59. The van der Waals surface area contributed by atoms with Crippen molar-refractivity contribution in [3.05, 3.63) is 60.2 Å². The van der Waals surface area contributed by atoms with Crippen LogP contribution in [0, 0.1) is 0 Å². The van der Waals surface area contributed by atoms with E-state index in [1.165, 1.54) is 0 Å². The summed E-state index contributed by atoms with van der Waals surface area (Å²) in [6.45, 7) is 2.37. The fourth-order valence-corrected chi connectivity index (χ4v) is 3.08. The van der Waals surface area contributed by atoms with E-state index < -0.39 is 0 Å². The molecule has 1 heterocycles. The van der Waals surface area contributed by atoms with Gasteiger partial charge in [-0.25, -0.2) is 4.79 Å². The van der Waals surface area contributed by atoms with Crippen LogP contribution in [0.4, 0.5) is 10.5 Å². The highest BCUT2D eigenvalue weighted by atomic mass is 16.5. The van der Waals surface area contributed by atoms with Gasteiger partial charge < -0.3 is 20.3 Å². The average molecular weight is 353 g/mol. The Morgan fingerprint density at radius 2 is 1.96 bits per heavy atom. The molecule has 1 saturated heterocycles. The SMILES string of the molecule is COc1cccc(N2C[C@H](NC(=O)N[C@@H](C)c3ccccc3)CC2=O)c1. The zero-order valence-corrected chi connectivity index (χ0v) is 14.9. The molecule has 136 valence electrons. The molecule has 0 unspecified atom stereocenters. The van der Waals surface area contributed by atoms with E-state index in [4.69, 9.17) is 4.74 Å². The maximum Gasteiger partial charge on any atom is 0.315 e. The van der Waals surface area contributed by atoms with Crippen LogP contribution in [0.5, 0.6) is 5.75 Å². The summed E-state index contributed by atoms with van der Waals surface area (Å²) in [6.07, 6.45) is 0.282. The van der Waals surface area contributed by atoms with E-state index in [1.807, 2.05) is 61.5 Å². The molecule has 0 bridgehead atoms. The zero-order chi connectivity index (χ0) is 18.5. The van der Waals surface area contributed by atoms with Crippen molar-refractivity contribution in [2.75, 3.05) is 18.6 Å². The lowest BCUT2D eigenvalue weighted by atomic mass is 10.1. The first kappa shape index (κ1) is 17.8. The lowest BCUT2D eigenvalue weighted by molar-refractivity contribution is -0.117. The van der Waals surface area contributed by atoms with Gasteiger partial charge in [0.1, 0.15) is 5.75 Å². The molecule has 0 aliphatic carbocycles. The van der Waals surface area contributed by atoms with Crippen molar-refractivity contribution in [1.82, 2.24) is 10.6 Å². The van der Waals surface area contributed by atoms with Gasteiger partial charge in [0.2, 0.25) is 5.91 Å². The lowest BCUT2D eigenvalue weighted by Crippen LogP contribution is -2.44. The van der Waals surface area contributed by atoms with Crippen LogP contribution in [0.15, 0.2) is 54.6 Å². The number of ether oxygens (including phenoxy) is 1. The summed E-state index contributed by atoms with van der Waals surface area (Å²) in [5, 5.41) is 5.81. The molecule has 0 saturated carbocycles. The van der Waals surface area contributed by atoms with Gasteiger partial charge in [0, 0.05) is 24.7 Å². The predicted octanol–water partition coefficient (Wildman–Crippen LogP) is 2.86. The predicted molar refractivity (Wildman–Crippen MR) is 100 cm³/mol. The largest absolute Gasteiger partial charge is 0.497 e. The first-order valence-corrected chi connectivity index (χ1v) is 8.63. The maximum absolute atomic E-state index is 12.3. The number of hydrogen-bond donors (Lipinski definition) is 2. The highest BCUT2D eigenvalue weighted by Crippen LogP contribution is 2.25. The summed E-state index contributed by atoms with van der Waals surface area (Å²) in [6, 6.07) is 16.5. The number of methoxy groups -OCH3 is 1. The summed E-state index contributed by atoms with van der Waals surface area (Å²) >= 11 is 0. The van der Waals surface area contributed by atoms with Gasteiger partial charge in [-0.1, -0.05) is 36.4 Å². The van der Waals surface area contributed by atoms with Crippen molar-refractivity contribution in [1.29, 1.82) is 0 Å². The highest BCUT2D eigenvalue weighted by Gasteiger charge is 2.32. The number of nitrogens with zero attached hydrogens (tertiary/aromatic N) is 1. The number of urea groups is 1. The molecule has 0 radical (unpaired) electrons. The molecule has 2 atom stereocenters. The van der Waals surface area contributed by atoms with E-state index in [1.54, 1.807) is 12.0 Å². The number of nitrogens with one attached hydrogen (secondary N) is 2. The molecule has 1 aliphatic heterocycles. The number of rotatable bonds is 5. The molecule has 6 nitrogen and oxygen atoms in total. The first-order valence-electron chi connectivity index (χ1n) is 8.63. The molecule has 2 aromatic rings. The second-order valence-corrected chi connectivity index (χ2v) is 6.36. The lowest BCUT2D eigenvalue weighted by Gasteiger charge is -2.19. The third-order valence-corrected chi connectivity index (χ3v) is 4.47. The van der Waals surface area contributed by atoms with Crippen molar-refractivity contribution in [3.63, 3.8) is 0 Å². The quantitative estimate of drug-likeness (QED) is 0.868. The molecule has 2 N–H and O–H groups in total. The number of carbonyl (C=O) groups is 2. The molecule has 0 spiro atoms. The van der Waals surface area contributed by atoms with Crippen LogP contribution in [0.25, 0.3) is 0 Å². The Morgan fingerprint density at radius 1 is 1.19 bits per heavy atom. The van der Waals surface area contributed by atoms with Crippen LogP contribution >= 0.6 is 0 Å². The van der Waals surface area contributed by atoms with Gasteiger partial charge in [-0.15, -0.1) is 0 Å². The molecule has 1 aliphatic rings. The number of amides is 3. The van der Waals surface area contributed by atoms with Gasteiger partial charge in [0.25, 0.3) is 0 Å². The van der Waals surface area contributed by atoms with Gasteiger partial charge in [-0.3, -0.25) is 4.79 Å². The van der Waals surface area contributed by atoms with Gasteiger partial charge in [0.15, 0.2) is 0 Å². The third-order valence-electron chi connectivity index (χ3n) is 4.47. The Labute approximate surface area is 153 Å². The van der Waals surface area contributed by atoms with Gasteiger partial charge in [0.05, 0.1) is 19.2 Å². The topological polar surface area (TPSA) is 70.7 Å². The van der Waals surface area contributed by atoms with E-state index in [0.29, 0.717) is 12.3 Å². The van der Waals surface area contributed by atoms with Crippen molar-refractivity contribution < 1.29 is 14.3 Å². The number of carbonyl (C=O) groups excluding carboxylic acids is 2. The molecule has 3 rings (SSSR count). The van der Waals surface area contributed by atoms with Crippen LogP contribution < -0.4 is 20.3 Å². The van der Waals surface area contributed by atoms with Crippen LogP contribution in [0.2, 0.25) is 0 Å². The normalized spacial score (nSPS) is 17.7. The molecule has 2 aromatic carbocycles. The van der Waals surface area contributed by atoms with Crippen molar-refractivity contribution in [2.24, 2.45) is 0 Å². The van der Waals surface area contributed by atoms with Crippen molar-refractivity contribution in [2.45, 2.75) is 25.4 Å². The van der Waals surface area contributed by atoms with Crippen LogP contribution in [0.1, 0.15) is 24.9 Å². The fourth-order valence-electron chi connectivity index (χ4n) is 3.08. The molecule has 0 aromatic heterocycles. The summed E-state index contributed by atoms with van der Waals surface area (Å²) in [5.41, 5.74) is 1.81. The van der Waals surface area contributed by atoms with Crippen molar-refractivity contribution in [3.8, 4) is 5.75 Å². The molecular weight excluding hydrogens is 330 g/mol. The van der Waals surface area contributed by atoms with E-state index in [-0.39, 0.29) is 30.4 Å². The number of anilines is 1.